The normalized spacial score (nSPS) is 16.1. The van der Waals surface area contributed by atoms with Crippen molar-refractivity contribution in [3.8, 4) is 0 Å². The molecule has 1 aliphatic heterocycles. The van der Waals surface area contributed by atoms with Crippen LogP contribution in [0.3, 0.4) is 0 Å². The highest BCUT2D eigenvalue weighted by molar-refractivity contribution is 9.09. The van der Waals surface area contributed by atoms with Crippen molar-refractivity contribution in [1.29, 1.82) is 0 Å². The molecule has 1 aliphatic rings. The molecule has 2 rings (SSSR count). The molecule has 0 saturated carbocycles. The van der Waals surface area contributed by atoms with Gasteiger partial charge in [-0.25, -0.2) is 4.79 Å². The van der Waals surface area contributed by atoms with Crippen LogP contribution in [0.5, 0.6) is 0 Å². The van der Waals surface area contributed by atoms with Crippen LogP contribution in [0, 0.1) is 0 Å². The lowest BCUT2D eigenvalue weighted by Crippen LogP contribution is -2.39. The molecule has 1 amide bonds. The van der Waals surface area contributed by atoms with Gasteiger partial charge in [0.15, 0.2) is 0 Å². The van der Waals surface area contributed by atoms with Crippen molar-refractivity contribution in [2.75, 3.05) is 13.1 Å². The number of benzene rings is 1. The number of halogens is 3. The molecule has 0 atom stereocenters. The molecule has 0 aliphatic carbocycles. The average Bonchev–Trinajstić information content (AvgIpc) is 2.45. The number of hydrogen-bond donors (Lipinski definition) is 0. The van der Waals surface area contributed by atoms with Crippen LogP contribution in [0.4, 0.5) is 13.6 Å². The van der Waals surface area contributed by atoms with Crippen molar-refractivity contribution in [3.05, 3.63) is 41.5 Å². The third-order valence-electron chi connectivity index (χ3n) is 3.44. The van der Waals surface area contributed by atoms with E-state index in [1.54, 1.807) is 17.0 Å². The highest BCUT2D eigenvalue weighted by atomic mass is 79.9. The molecule has 1 heterocycles. The van der Waals surface area contributed by atoms with E-state index in [0.717, 1.165) is 11.1 Å². The van der Waals surface area contributed by atoms with Gasteiger partial charge in [0, 0.05) is 18.7 Å². The Hall–Kier alpha value is -1.43. The first-order chi connectivity index (χ1) is 10.6. The van der Waals surface area contributed by atoms with Gasteiger partial charge in [-0.15, -0.1) is 0 Å². The van der Waals surface area contributed by atoms with Crippen LogP contribution in [0.1, 0.15) is 38.3 Å². The van der Waals surface area contributed by atoms with Gasteiger partial charge in [0.25, 0.3) is 0 Å². The summed E-state index contributed by atoms with van der Waals surface area (Å²) >= 11 is 2.35. The van der Waals surface area contributed by atoms with Crippen LogP contribution in [-0.4, -0.2) is 29.7 Å². The summed E-state index contributed by atoms with van der Waals surface area (Å²) in [5.41, 5.74) is 1.36. The van der Waals surface area contributed by atoms with Gasteiger partial charge in [0.1, 0.15) is 5.60 Å². The molecule has 0 N–H and O–H groups in total. The van der Waals surface area contributed by atoms with E-state index >= 15 is 0 Å². The predicted octanol–water partition coefficient (Wildman–Crippen LogP) is 5.16. The average molecular weight is 388 g/mol. The summed E-state index contributed by atoms with van der Waals surface area (Å²) in [5.74, 6) is 0. The summed E-state index contributed by atoms with van der Waals surface area (Å²) < 4.78 is 31.6. The molecule has 6 heteroatoms. The number of carbonyl (C=O) groups is 1. The Labute approximate surface area is 143 Å². The number of amides is 1. The fourth-order valence-corrected chi connectivity index (χ4v) is 2.56. The zero-order chi connectivity index (χ0) is 17.3. The van der Waals surface area contributed by atoms with Gasteiger partial charge in [-0.05, 0) is 54.3 Å². The maximum Gasteiger partial charge on any atom is 0.410 e. The second-order valence-corrected chi connectivity index (χ2v) is 7.48. The number of carbonyl (C=O) groups excluding carboxylic acids is 1. The zero-order valence-corrected chi connectivity index (χ0v) is 15.0. The fourth-order valence-electron chi connectivity index (χ4n) is 2.30. The maximum absolute atomic E-state index is 13.1. The van der Waals surface area contributed by atoms with Gasteiger partial charge < -0.3 is 9.64 Å². The van der Waals surface area contributed by atoms with Crippen LogP contribution < -0.4 is 0 Å². The van der Waals surface area contributed by atoms with Gasteiger partial charge in [-0.1, -0.05) is 30.3 Å². The van der Waals surface area contributed by atoms with Crippen molar-refractivity contribution in [3.63, 3.8) is 0 Å². The lowest BCUT2D eigenvalue weighted by molar-refractivity contribution is 0.0270. The molecule has 0 radical (unpaired) electrons. The van der Waals surface area contributed by atoms with Gasteiger partial charge in [0.05, 0.1) is 0 Å². The Kier molecular flexibility index (Phi) is 5.14. The topological polar surface area (TPSA) is 29.5 Å². The lowest BCUT2D eigenvalue weighted by Gasteiger charge is -2.29. The van der Waals surface area contributed by atoms with Crippen molar-refractivity contribution in [2.45, 2.75) is 37.6 Å². The number of ether oxygens (including phenoxy) is 1. The van der Waals surface area contributed by atoms with E-state index in [1.807, 2.05) is 26.8 Å². The number of alkyl halides is 3. The van der Waals surface area contributed by atoms with Gasteiger partial charge in [0.2, 0.25) is 0 Å². The highest BCUT2D eigenvalue weighted by Crippen LogP contribution is 2.35. The Morgan fingerprint density at radius 2 is 1.83 bits per heavy atom. The minimum Gasteiger partial charge on any atom is -0.444 e. The molecule has 0 unspecified atom stereocenters. The van der Waals surface area contributed by atoms with E-state index in [4.69, 9.17) is 4.74 Å². The number of rotatable bonds is 2. The van der Waals surface area contributed by atoms with Crippen molar-refractivity contribution in [2.24, 2.45) is 0 Å². The predicted molar refractivity (Wildman–Crippen MR) is 89.7 cm³/mol. The van der Waals surface area contributed by atoms with Crippen LogP contribution in [0.15, 0.2) is 30.3 Å². The molecule has 0 bridgehead atoms. The van der Waals surface area contributed by atoms with Crippen LogP contribution in [0.25, 0.3) is 5.57 Å². The second kappa shape index (κ2) is 6.59. The number of hydrogen-bond acceptors (Lipinski definition) is 2. The summed E-state index contributed by atoms with van der Waals surface area (Å²) in [7, 11) is 0. The van der Waals surface area contributed by atoms with Gasteiger partial charge in [-0.2, -0.15) is 8.78 Å². The SMILES string of the molecule is CC(C)(C)OC(=O)N1CC=C(c2ccc(C(F)(F)Br)cc2)CC1. The first-order valence-electron chi connectivity index (χ1n) is 7.41. The Bertz CT molecular complexity index is 601. The molecule has 126 valence electrons. The maximum atomic E-state index is 13.1. The lowest BCUT2D eigenvalue weighted by atomic mass is 9.98. The van der Waals surface area contributed by atoms with Crippen LogP contribution >= 0.6 is 15.9 Å². The molecule has 1 aromatic rings. The van der Waals surface area contributed by atoms with Crippen molar-refractivity contribution < 1.29 is 18.3 Å². The third-order valence-corrected chi connectivity index (χ3v) is 3.90. The van der Waals surface area contributed by atoms with Crippen LogP contribution in [-0.2, 0) is 9.57 Å². The Balaban J connectivity index is 2.03. The van der Waals surface area contributed by atoms with E-state index in [0.29, 0.717) is 19.5 Å². The third kappa shape index (κ3) is 5.03. The van der Waals surface area contributed by atoms with Crippen LogP contribution in [0.2, 0.25) is 0 Å². The van der Waals surface area contributed by atoms with E-state index < -0.39 is 10.4 Å². The molecule has 0 spiro atoms. The first-order valence-corrected chi connectivity index (χ1v) is 8.20. The van der Waals surface area contributed by atoms with E-state index in [9.17, 15) is 13.6 Å². The number of nitrogens with zero attached hydrogens (tertiary/aromatic N) is 1. The first kappa shape index (κ1) is 17.9. The van der Waals surface area contributed by atoms with E-state index in [-0.39, 0.29) is 11.7 Å². The molecular formula is C17H20BrF2NO2. The summed E-state index contributed by atoms with van der Waals surface area (Å²) in [6.45, 7) is 6.50. The summed E-state index contributed by atoms with van der Waals surface area (Å²) in [6.07, 6.45) is 2.28. The standard InChI is InChI=1S/C17H20BrF2NO2/c1-16(2,3)23-15(22)21-10-8-13(9-11-21)12-4-6-14(7-5-12)17(18,19)20/h4-8H,9-11H2,1-3H3. The fraction of sp³-hybridized carbons (Fsp3) is 0.471. The van der Waals surface area contributed by atoms with E-state index in [2.05, 4.69) is 15.9 Å². The van der Waals surface area contributed by atoms with Crippen molar-refractivity contribution >= 4 is 27.6 Å². The molecular weight excluding hydrogens is 368 g/mol. The molecule has 3 nitrogen and oxygen atoms in total. The molecule has 23 heavy (non-hydrogen) atoms. The van der Waals surface area contributed by atoms with Gasteiger partial charge in [-0.3, -0.25) is 0 Å². The summed E-state index contributed by atoms with van der Waals surface area (Å²) in [6, 6.07) is 6.18. The molecule has 0 aromatic heterocycles. The second-order valence-electron chi connectivity index (χ2n) is 6.48. The quantitative estimate of drug-likeness (QED) is 0.656. The van der Waals surface area contributed by atoms with Gasteiger partial charge >= 0.3 is 10.9 Å². The van der Waals surface area contributed by atoms with E-state index in [1.165, 1.54) is 12.1 Å². The molecule has 1 aromatic carbocycles. The largest absolute Gasteiger partial charge is 0.444 e. The summed E-state index contributed by atoms with van der Waals surface area (Å²) in [4.78, 5) is 10.6. The zero-order valence-electron chi connectivity index (χ0n) is 13.4. The Morgan fingerprint density at radius 3 is 2.26 bits per heavy atom. The summed E-state index contributed by atoms with van der Waals surface area (Å²) in [5, 5.41) is 0. The minimum atomic E-state index is -3.01. The Morgan fingerprint density at radius 1 is 1.22 bits per heavy atom. The smallest absolute Gasteiger partial charge is 0.410 e. The van der Waals surface area contributed by atoms with Crippen molar-refractivity contribution in [1.82, 2.24) is 4.90 Å². The highest BCUT2D eigenvalue weighted by Gasteiger charge is 2.27. The minimum absolute atomic E-state index is 0.0759. The monoisotopic (exact) mass is 387 g/mol. The molecule has 0 saturated heterocycles. The molecule has 0 fully saturated rings.